The Balaban J connectivity index is 1.56. The second kappa shape index (κ2) is 13.1. The van der Waals surface area contributed by atoms with E-state index >= 15 is 0 Å². The van der Waals surface area contributed by atoms with E-state index in [1.165, 1.54) is 5.57 Å². The first-order valence-corrected chi connectivity index (χ1v) is 18.7. The van der Waals surface area contributed by atoms with Crippen molar-refractivity contribution in [3.05, 3.63) is 20.6 Å². The van der Waals surface area contributed by atoms with Crippen LogP contribution in [0.3, 0.4) is 0 Å². The normalized spacial score (nSPS) is 25.8. The molecule has 0 radical (unpaired) electrons. The first kappa shape index (κ1) is 29.1. The monoisotopic (exact) mass is 576 g/mol. The van der Waals surface area contributed by atoms with Crippen LogP contribution in [0.15, 0.2) is 20.6 Å². The van der Waals surface area contributed by atoms with E-state index in [1.807, 2.05) is 0 Å². The molecule has 0 aromatic carbocycles. The third kappa shape index (κ3) is 6.42. The van der Waals surface area contributed by atoms with Gasteiger partial charge in [-0.1, -0.05) is 0 Å². The molecule has 6 nitrogen and oxygen atoms in total. The van der Waals surface area contributed by atoms with Crippen molar-refractivity contribution < 1.29 is 42.1 Å². The number of hydrogen-bond acceptors (Lipinski definition) is 6. The van der Waals surface area contributed by atoms with Gasteiger partial charge in [0.15, 0.2) is 0 Å². The predicted molar refractivity (Wildman–Crippen MR) is 145 cm³/mol. The van der Waals surface area contributed by atoms with Gasteiger partial charge >= 0.3 is 240 Å². The molecular formula is C32H48O6Ti. The average Bonchev–Trinajstić information content (AvgIpc) is 3.24. The average molecular weight is 577 g/mol. The predicted octanol–water partition coefficient (Wildman–Crippen LogP) is 8.05. The van der Waals surface area contributed by atoms with Gasteiger partial charge < -0.3 is 0 Å². The second-order valence-corrected chi connectivity index (χ2v) is 16.3. The van der Waals surface area contributed by atoms with E-state index in [2.05, 4.69) is 13.8 Å². The molecule has 7 heteroatoms. The molecule has 0 saturated heterocycles. The van der Waals surface area contributed by atoms with E-state index in [4.69, 9.17) is 9.96 Å². The SMILES string of the molecule is CC1=[C]([Ti]([O]C(=O)C2CCCCC2)([O]C(=O)C2CCCCC2)[O]C(=O)C2CCCCC2)C2=C(CCCC2)C1C. The second-order valence-electron chi connectivity index (χ2n) is 12.8. The van der Waals surface area contributed by atoms with Gasteiger partial charge in [0.2, 0.25) is 0 Å². The summed E-state index contributed by atoms with van der Waals surface area (Å²) < 4.78 is 20.4. The quantitative estimate of drug-likeness (QED) is 0.285. The molecular weight excluding hydrogens is 528 g/mol. The van der Waals surface area contributed by atoms with Crippen molar-refractivity contribution >= 4 is 17.9 Å². The van der Waals surface area contributed by atoms with Gasteiger partial charge in [0.05, 0.1) is 0 Å². The van der Waals surface area contributed by atoms with Crippen LogP contribution in [0.5, 0.6) is 0 Å². The van der Waals surface area contributed by atoms with Crippen LogP contribution in [0, 0.1) is 23.7 Å². The number of allylic oxidation sites excluding steroid dienone is 4. The molecule has 0 aromatic heterocycles. The maximum absolute atomic E-state index is 13.8. The summed E-state index contributed by atoms with van der Waals surface area (Å²) in [5, 5.41) is 0. The summed E-state index contributed by atoms with van der Waals surface area (Å²) in [7, 11) is 0. The molecule has 39 heavy (non-hydrogen) atoms. The van der Waals surface area contributed by atoms with E-state index in [1.54, 1.807) is 0 Å². The Kier molecular flexibility index (Phi) is 9.75. The molecule has 0 spiro atoms. The zero-order valence-electron chi connectivity index (χ0n) is 24.2. The van der Waals surface area contributed by atoms with Crippen LogP contribution in [0.1, 0.15) is 136 Å². The van der Waals surface area contributed by atoms with Crippen LogP contribution < -0.4 is 0 Å². The van der Waals surface area contributed by atoms with Crippen molar-refractivity contribution in [1.29, 1.82) is 0 Å². The van der Waals surface area contributed by atoms with Crippen molar-refractivity contribution in [3.8, 4) is 0 Å². The summed E-state index contributed by atoms with van der Waals surface area (Å²) in [5.74, 6) is -1.42. The summed E-state index contributed by atoms with van der Waals surface area (Å²) in [5.41, 5.74) is 3.60. The van der Waals surface area contributed by atoms with E-state index < -0.39 is 17.8 Å². The van der Waals surface area contributed by atoms with Gasteiger partial charge in [-0.05, 0) is 0 Å². The molecule has 3 fully saturated rings. The van der Waals surface area contributed by atoms with Crippen molar-refractivity contribution in [1.82, 2.24) is 0 Å². The summed E-state index contributed by atoms with van der Waals surface area (Å²) in [6.45, 7) is 4.28. The molecule has 3 saturated carbocycles. The Morgan fingerprint density at radius 1 is 0.590 bits per heavy atom. The minimum absolute atomic E-state index is 0.190. The minimum atomic E-state index is -4.98. The number of rotatable bonds is 7. The van der Waals surface area contributed by atoms with Crippen LogP contribution in [0.4, 0.5) is 0 Å². The molecule has 1 unspecified atom stereocenters. The summed E-state index contributed by atoms with van der Waals surface area (Å²) in [4.78, 5) is 41.5. The van der Waals surface area contributed by atoms with Crippen molar-refractivity contribution in [2.75, 3.05) is 0 Å². The summed E-state index contributed by atoms with van der Waals surface area (Å²) in [6, 6.07) is 0. The Bertz CT molecular complexity index is 915. The topological polar surface area (TPSA) is 78.9 Å². The molecule has 0 aromatic rings. The molecule has 216 valence electrons. The van der Waals surface area contributed by atoms with Crippen molar-refractivity contribution in [3.63, 3.8) is 0 Å². The Morgan fingerprint density at radius 3 is 1.38 bits per heavy atom. The molecule has 0 heterocycles. The van der Waals surface area contributed by atoms with Gasteiger partial charge in [0.25, 0.3) is 0 Å². The van der Waals surface area contributed by atoms with Crippen LogP contribution >= 0.6 is 0 Å². The third-order valence-electron chi connectivity index (χ3n) is 10.2. The summed E-state index contributed by atoms with van der Waals surface area (Å²) >= 11 is -4.98. The fourth-order valence-electron chi connectivity index (χ4n) is 7.71. The fourth-order valence-corrected chi connectivity index (χ4v) is 12.5. The molecule has 0 N–H and O–H groups in total. The van der Waals surface area contributed by atoms with E-state index in [-0.39, 0.29) is 41.6 Å². The number of carbonyl (C=O) groups excluding carboxylic acids is 3. The zero-order chi connectivity index (χ0) is 27.4. The first-order valence-electron chi connectivity index (χ1n) is 16.0. The van der Waals surface area contributed by atoms with Gasteiger partial charge in [0.1, 0.15) is 0 Å². The van der Waals surface area contributed by atoms with Crippen LogP contribution in [-0.4, -0.2) is 17.9 Å². The molecule has 0 bridgehead atoms. The van der Waals surface area contributed by atoms with E-state index in [9.17, 15) is 14.4 Å². The van der Waals surface area contributed by atoms with Crippen LogP contribution in [0.25, 0.3) is 0 Å². The number of carbonyl (C=O) groups is 3. The molecule has 5 aliphatic carbocycles. The van der Waals surface area contributed by atoms with E-state index in [0.717, 1.165) is 137 Å². The molecule has 0 amide bonds. The first-order chi connectivity index (χ1) is 18.9. The maximum atomic E-state index is 13.8. The third-order valence-corrected chi connectivity index (χ3v) is 14.5. The van der Waals surface area contributed by atoms with Gasteiger partial charge in [-0.3, -0.25) is 0 Å². The molecule has 1 atom stereocenters. The molecule has 5 rings (SSSR count). The summed E-state index contributed by atoms with van der Waals surface area (Å²) in [6.07, 6.45) is 18.1. The van der Waals surface area contributed by atoms with Gasteiger partial charge in [-0.15, -0.1) is 0 Å². The van der Waals surface area contributed by atoms with Gasteiger partial charge in [0, 0.05) is 0 Å². The van der Waals surface area contributed by atoms with Crippen LogP contribution in [-0.2, 0) is 42.1 Å². The molecule has 0 aliphatic heterocycles. The standard InChI is InChI=1S/C11H15.3C7H12O2.Ti/c1-8-7-10-5-3-4-6-11(10)9(8)2;3*8-7(9)6-4-2-1-3-5-6;/h9H,3-6H2,1-2H3;3*6H,1-5H2,(H,8,9);/q;;;;+3/p-3. The zero-order valence-corrected chi connectivity index (χ0v) is 25.8. The van der Waals surface area contributed by atoms with Crippen LogP contribution in [0.2, 0.25) is 0 Å². The molecule has 5 aliphatic rings. The van der Waals surface area contributed by atoms with Gasteiger partial charge in [-0.2, -0.15) is 0 Å². The Labute approximate surface area is 239 Å². The van der Waals surface area contributed by atoms with E-state index in [0.29, 0.717) is 0 Å². The fraction of sp³-hybridized carbons (Fsp3) is 0.781. The van der Waals surface area contributed by atoms with Crippen molar-refractivity contribution in [2.24, 2.45) is 23.7 Å². The number of hydrogen-bond donors (Lipinski definition) is 0. The Hall–Kier alpha value is -1.40. The Morgan fingerprint density at radius 2 is 0.974 bits per heavy atom. The van der Waals surface area contributed by atoms with Gasteiger partial charge in [-0.25, -0.2) is 0 Å². The van der Waals surface area contributed by atoms with Crippen molar-refractivity contribution in [2.45, 2.75) is 136 Å².